The first-order valence-electron chi connectivity index (χ1n) is 18.8. The average molecular weight is 705 g/mol. The molecule has 1 aliphatic carbocycles. The Morgan fingerprint density at radius 1 is 0.582 bits per heavy atom. The molecule has 4 aromatic heterocycles. The summed E-state index contributed by atoms with van der Waals surface area (Å²) in [5, 5.41) is 9.68. The molecule has 0 spiro atoms. The van der Waals surface area contributed by atoms with Crippen LogP contribution in [0, 0.1) is 0 Å². The van der Waals surface area contributed by atoms with E-state index in [1.807, 2.05) is 12.3 Å². The lowest BCUT2D eigenvalue weighted by atomic mass is 9.90. The lowest BCUT2D eigenvalue weighted by Gasteiger charge is -2.15. The molecular formula is C50H32N4O. The van der Waals surface area contributed by atoms with Crippen LogP contribution in [0.15, 0.2) is 168 Å². The Morgan fingerprint density at radius 2 is 1.29 bits per heavy atom. The van der Waals surface area contributed by atoms with E-state index in [9.17, 15) is 0 Å². The zero-order valence-corrected chi connectivity index (χ0v) is 29.7. The van der Waals surface area contributed by atoms with E-state index >= 15 is 0 Å². The molecule has 1 atom stereocenters. The second-order valence-corrected chi connectivity index (χ2v) is 14.5. The van der Waals surface area contributed by atoms with Crippen LogP contribution in [-0.2, 0) is 0 Å². The summed E-state index contributed by atoms with van der Waals surface area (Å²) in [6.07, 6.45) is 7.68. The maximum Gasteiger partial charge on any atom is 0.246 e. The summed E-state index contributed by atoms with van der Waals surface area (Å²) in [5.74, 6) is 0.275. The molecule has 258 valence electrons. The Kier molecular flexibility index (Phi) is 6.39. The molecule has 11 aromatic rings. The summed E-state index contributed by atoms with van der Waals surface area (Å²) in [6, 6.07) is 56.4. The van der Waals surface area contributed by atoms with Gasteiger partial charge < -0.3 is 13.6 Å². The molecule has 5 nitrogen and oxygen atoms in total. The molecule has 55 heavy (non-hydrogen) atoms. The van der Waals surface area contributed by atoms with E-state index in [-0.39, 0.29) is 5.92 Å². The number of hydrogen-bond acceptors (Lipinski definition) is 3. The van der Waals surface area contributed by atoms with Gasteiger partial charge >= 0.3 is 0 Å². The molecule has 12 rings (SSSR count). The number of nitrogens with zero attached hydrogens (tertiary/aromatic N) is 4. The quantitative estimate of drug-likeness (QED) is 0.183. The third kappa shape index (κ3) is 4.53. The topological polar surface area (TPSA) is 48.8 Å². The van der Waals surface area contributed by atoms with Crippen molar-refractivity contribution in [3.63, 3.8) is 0 Å². The summed E-state index contributed by atoms with van der Waals surface area (Å²) in [5.41, 5.74) is 11.2. The number of aromatic nitrogens is 4. The number of benzene rings is 7. The number of fused-ring (bicyclic) bond motifs is 11. The van der Waals surface area contributed by atoms with Gasteiger partial charge in [-0.05, 0) is 77.4 Å². The Bertz CT molecular complexity index is 3460. The summed E-state index contributed by atoms with van der Waals surface area (Å²) in [4.78, 5) is 9.81. The number of rotatable bonds is 4. The first kappa shape index (κ1) is 30.2. The Labute approximate surface area is 315 Å². The Morgan fingerprint density at radius 3 is 2.15 bits per heavy atom. The highest BCUT2D eigenvalue weighted by Gasteiger charge is 2.20. The normalized spacial score (nSPS) is 14.2. The first-order valence-corrected chi connectivity index (χ1v) is 18.8. The van der Waals surface area contributed by atoms with E-state index in [1.165, 1.54) is 54.5 Å². The first-order chi connectivity index (χ1) is 27.3. The van der Waals surface area contributed by atoms with Crippen LogP contribution in [0.4, 0.5) is 0 Å². The predicted molar refractivity (Wildman–Crippen MR) is 225 cm³/mol. The zero-order valence-electron chi connectivity index (χ0n) is 29.7. The van der Waals surface area contributed by atoms with E-state index in [4.69, 9.17) is 14.4 Å². The number of furan rings is 1. The largest absolute Gasteiger partial charge is 0.436 e. The molecule has 0 aliphatic heterocycles. The monoisotopic (exact) mass is 704 g/mol. The van der Waals surface area contributed by atoms with Crippen molar-refractivity contribution in [2.75, 3.05) is 0 Å². The summed E-state index contributed by atoms with van der Waals surface area (Å²) in [6.45, 7) is 0. The molecule has 1 unspecified atom stereocenters. The fraction of sp³-hybridized carbons (Fsp3) is 0.0400. The smallest absolute Gasteiger partial charge is 0.246 e. The fourth-order valence-corrected chi connectivity index (χ4v) is 8.98. The van der Waals surface area contributed by atoms with Gasteiger partial charge in [0.15, 0.2) is 0 Å². The standard InChI is InChI=1S/C50H32N4O/c1-2-11-35(12-3-1)53-43-16-8-6-14-38(43)40-28-33(20-25-45(40)53)34-21-26-46-41(29-34)39-15-7-9-17-44(39)54(46)36-23-18-32(19-24-36)42-30-51-50-49(52-42)48-37-13-5-4-10-31(37)22-27-47(48)55-50/h1-19,21-30,33H,20H2. The molecular weight excluding hydrogens is 673 g/mol. The molecule has 0 saturated carbocycles. The van der Waals surface area contributed by atoms with Crippen LogP contribution < -0.4 is 10.6 Å². The second-order valence-electron chi connectivity index (χ2n) is 14.5. The minimum Gasteiger partial charge on any atom is -0.436 e. The number of para-hydroxylation sites is 3. The van der Waals surface area contributed by atoms with Gasteiger partial charge in [-0.3, -0.25) is 0 Å². The van der Waals surface area contributed by atoms with Crippen molar-refractivity contribution < 1.29 is 4.42 Å². The van der Waals surface area contributed by atoms with Crippen LogP contribution in [-0.4, -0.2) is 19.1 Å². The Hall–Kier alpha value is -7.24. The molecule has 0 fully saturated rings. The van der Waals surface area contributed by atoms with Crippen molar-refractivity contribution in [1.82, 2.24) is 19.1 Å². The van der Waals surface area contributed by atoms with Gasteiger partial charge in [0.05, 0.1) is 33.8 Å². The molecule has 7 aromatic carbocycles. The maximum atomic E-state index is 6.12. The Balaban J connectivity index is 0.946. The number of hydrogen-bond donors (Lipinski definition) is 0. The summed E-state index contributed by atoms with van der Waals surface area (Å²) < 4.78 is 10.9. The average Bonchev–Trinajstić information content (AvgIpc) is 3.91. The third-order valence-corrected chi connectivity index (χ3v) is 11.5. The van der Waals surface area contributed by atoms with E-state index in [2.05, 4.69) is 173 Å². The molecule has 0 bridgehead atoms. The lowest BCUT2D eigenvalue weighted by molar-refractivity contribution is 0.653. The van der Waals surface area contributed by atoms with Crippen LogP contribution in [0.2, 0.25) is 0 Å². The van der Waals surface area contributed by atoms with Crippen LogP contribution in [0.3, 0.4) is 0 Å². The van der Waals surface area contributed by atoms with E-state index in [0.717, 1.165) is 50.6 Å². The highest BCUT2D eigenvalue weighted by atomic mass is 16.3. The van der Waals surface area contributed by atoms with E-state index < -0.39 is 0 Å². The van der Waals surface area contributed by atoms with Gasteiger partial charge in [0, 0.05) is 49.6 Å². The van der Waals surface area contributed by atoms with Crippen LogP contribution in [0.5, 0.6) is 0 Å². The SMILES string of the molecule is C1=c2c(n(-c3ccccc3)c3ccccc23)=CCC1c1ccc2c(c1)c1ccccc1n2-c1ccc(-c2cnc3oc4ccc5ccccc5c4c3n2)cc1. The van der Waals surface area contributed by atoms with Crippen molar-refractivity contribution in [1.29, 1.82) is 0 Å². The lowest BCUT2D eigenvalue weighted by Crippen LogP contribution is -2.31. The van der Waals surface area contributed by atoms with Gasteiger partial charge in [0.1, 0.15) is 11.1 Å². The highest BCUT2D eigenvalue weighted by Crippen LogP contribution is 2.37. The van der Waals surface area contributed by atoms with Gasteiger partial charge in [-0.1, -0.05) is 115 Å². The van der Waals surface area contributed by atoms with Crippen molar-refractivity contribution in [2.45, 2.75) is 12.3 Å². The van der Waals surface area contributed by atoms with Crippen LogP contribution in [0.25, 0.3) is 100 Å². The van der Waals surface area contributed by atoms with Gasteiger partial charge in [0.2, 0.25) is 5.71 Å². The maximum absolute atomic E-state index is 6.12. The van der Waals surface area contributed by atoms with Gasteiger partial charge in [-0.15, -0.1) is 0 Å². The van der Waals surface area contributed by atoms with Crippen LogP contribution >= 0.6 is 0 Å². The molecule has 5 heteroatoms. The molecule has 0 amide bonds. The molecule has 1 aliphatic rings. The van der Waals surface area contributed by atoms with Crippen molar-refractivity contribution in [2.24, 2.45) is 0 Å². The minimum absolute atomic E-state index is 0.275. The van der Waals surface area contributed by atoms with Gasteiger partial charge in [-0.2, -0.15) is 0 Å². The third-order valence-electron chi connectivity index (χ3n) is 11.5. The van der Waals surface area contributed by atoms with Crippen LogP contribution in [0.1, 0.15) is 17.9 Å². The van der Waals surface area contributed by atoms with Gasteiger partial charge in [-0.25, -0.2) is 9.97 Å². The van der Waals surface area contributed by atoms with Crippen molar-refractivity contribution in [3.05, 3.63) is 180 Å². The molecule has 0 saturated heterocycles. The van der Waals surface area contributed by atoms with Gasteiger partial charge in [0.25, 0.3) is 0 Å². The second kappa shape index (κ2) is 11.6. The van der Waals surface area contributed by atoms with Crippen molar-refractivity contribution in [3.8, 4) is 22.6 Å². The summed E-state index contributed by atoms with van der Waals surface area (Å²) in [7, 11) is 0. The van der Waals surface area contributed by atoms with E-state index in [0.29, 0.717) is 5.71 Å². The predicted octanol–water partition coefficient (Wildman–Crippen LogP) is 11.0. The highest BCUT2D eigenvalue weighted by molar-refractivity contribution is 6.17. The fourth-order valence-electron chi connectivity index (χ4n) is 8.98. The zero-order chi connectivity index (χ0) is 36.0. The summed E-state index contributed by atoms with van der Waals surface area (Å²) >= 11 is 0. The molecule has 0 radical (unpaired) electrons. The molecule has 4 heterocycles. The molecule has 0 N–H and O–H groups in total. The van der Waals surface area contributed by atoms with Crippen molar-refractivity contribution >= 4 is 77.8 Å². The minimum atomic E-state index is 0.275. The van der Waals surface area contributed by atoms with E-state index in [1.54, 1.807) is 0 Å².